The SMILES string of the molecule is CC(C)(C)c1ccc(F)c(Br)c1.CC(C)(C)c1ccc(F)c(C(F)(F)F)c1.CC(C)(C)c1ccc(F)c(Cl)c1.Cc1ccc(C(C)(C)C)cc1. The molecule has 0 aliphatic carbocycles. The van der Waals surface area contributed by atoms with Crippen molar-refractivity contribution in [2.75, 3.05) is 0 Å². The molecule has 4 rings (SSSR count). The van der Waals surface area contributed by atoms with Crippen LogP contribution in [0.4, 0.5) is 26.3 Å². The van der Waals surface area contributed by atoms with E-state index in [4.69, 9.17) is 11.6 Å². The van der Waals surface area contributed by atoms with Gasteiger partial charge in [-0.2, -0.15) is 13.2 Å². The summed E-state index contributed by atoms with van der Waals surface area (Å²) in [6.07, 6.45) is -4.63. The Bertz CT molecular complexity index is 1600. The van der Waals surface area contributed by atoms with Crippen LogP contribution in [0.3, 0.4) is 0 Å². The van der Waals surface area contributed by atoms with Gasteiger partial charge in [-0.15, -0.1) is 0 Å². The third-order valence-electron chi connectivity index (χ3n) is 7.63. The van der Waals surface area contributed by atoms with E-state index in [0.717, 1.165) is 23.3 Å². The van der Waals surface area contributed by atoms with Gasteiger partial charge >= 0.3 is 6.18 Å². The highest BCUT2D eigenvalue weighted by molar-refractivity contribution is 9.10. The monoisotopic (exact) mass is 784 g/mol. The number of benzene rings is 4. The summed E-state index contributed by atoms with van der Waals surface area (Å²) in [5.74, 6) is -1.79. The number of alkyl halides is 3. The van der Waals surface area contributed by atoms with Crippen molar-refractivity contribution in [3.8, 4) is 0 Å². The molecule has 8 heteroatoms. The Morgan fingerprint density at radius 1 is 0.460 bits per heavy atom. The highest BCUT2D eigenvalue weighted by Gasteiger charge is 2.35. The Morgan fingerprint density at radius 3 is 1.16 bits per heavy atom. The number of halogens is 8. The van der Waals surface area contributed by atoms with Gasteiger partial charge in [0.15, 0.2) is 0 Å². The maximum atomic E-state index is 12.9. The minimum absolute atomic E-state index is 0.0251. The van der Waals surface area contributed by atoms with Crippen molar-refractivity contribution >= 4 is 27.5 Å². The first-order valence-corrected chi connectivity index (χ1v) is 17.5. The Kier molecular flexibility index (Phi) is 16.0. The van der Waals surface area contributed by atoms with Crippen LogP contribution in [0.2, 0.25) is 5.02 Å². The zero-order valence-electron chi connectivity index (χ0n) is 31.5. The average molecular weight is 786 g/mol. The van der Waals surface area contributed by atoms with Crippen molar-refractivity contribution in [1.29, 1.82) is 0 Å². The van der Waals surface area contributed by atoms with Gasteiger partial charge in [0, 0.05) is 0 Å². The van der Waals surface area contributed by atoms with Crippen molar-refractivity contribution < 1.29 is 26.3 Å². The zero-order valence-corrected chi connectivity index (χ0v) is 33.9. The number of hydrogen-bond acceptors (Lipinski definition) is 0. The molecular formula is C42H52BrClF6. The van der Waals surface area contributed by atoms with Crippen LogP contribution in [0.5, 0.6) is 0 Å². The van der Waals surface area contributed by atoms with Crippen LogP contribution in [0.1, 0.15) is 116 Å². The van der Waals surface area contributed by atoms with Crippen molar-refractivity contribution in [2.24, 2.45) is 0 Å². The van der Waals surface area contributed by atoms with Gasteiger partial charge in [-0.05, 0) is 103 Å². The van der Waals surface area contributed by atoms with E-state index in [9.17, 15) is 26.3 Å². The highest BCUT2D eigenvalue weighted by Crippen LogP contribution is 2.34. The van der Waals surface area contributed by atoms with Gasteiger partial charge in [-0.1, -0.05) is 143 Å². The van der Waals surface area contributed by atoms with Crippen LogP contribution in [-0.4, -0.2) is 0 Å². The first kappa shape index (κ1) is 45.3. The summed E-state index contributed by atoms with van der Waals surface area (Å²) in [6.45, 7) is 26.7. The topological polar surface area (TPSA) is 0 Å². The third kappa shape index (κ3) is 15.2. The van der Waals surface area contributed by atoms with E-state index in [0.29, 0.717) is 10.0 Å². The Balaban J connectivity index is 0.000000336. The molecule has 0 bridgehead atoms. The molecule has 0 N–H and O–H groups in total. The summed E-state index contributed by atoms with van der Waals surface area (Å²) >= 11 is 8.81. The minimum Gasteiger partial charge on any atom is -0.206 e. The summed E-state index contributed by atoms with van der Waals surface area (Å²) in [5, 5.41) is 0.197. The van der Waals surface area contributed by atoms with Crippen LogP contribution in [-0.2, 0) is 27.8 Å². The van der Waals surface area contributed by atoms with Crippen LogP contribution >= 0.6 is 27.5 Å². The maximum absolute atomic E-state index is 12.9. The molecule has 0 spiro atoms. The van der Waals surface area contributed by atoms with E-state index < -0.39 is 23.0 Å². The Morgan fingerprint density at radius 2 is 0.800 bits per heavy atom. The molecule has 0 aromatic heterocycles. The molecule has 0 heterocycles. The van der Waals surface area contributed by atoms with Gasteiger partial charge in [0.2, 0.25) is 0 Å². The summed E-state index contributed by atoms with van der Waals surface area (Å²) in [6, 6.07) is 21.8. The maximum Gasteiger partial charge on any atom is 0.419 e. The van der Waals surface area contributed by atoms with Crippen molar-refractivity contribution in [3.63, 3.8) is 0 Å². The normalized spacial score (nSPS) is 12.1. The molecule has 0 aliphatic rings. The quantitative estimate of drug-likeness (QED) is 0.156. The van der Waals surface area contributed by atoms with E-state index in [-0.39, 0.29) is 32.9 Å². The van der Waals surface area contributed by atoms with Crippen LogP contribution in [0.25, 0.3) is 0 Å². The third-order valence-corrected chi connectivity index (χ3v) is 8.52. The van der Waals surface area contributed by atoms with Gasteiger partial charge in [-0.3, -0.25) is 0 Å². The van der Waals surface area contributed by atoms with E-state index in [2.05, 4.69) is 109 Å². The summed E-state index contributed by atoms with van der Waals surface area (Å²) in [7, 11) is 0. The van der Waals surface area contributed by atoms with Crippen molar-refractivity contribution in [2.45, 2.75) is 118 Å². The largest absolute Gasteiger partial charge is 0.419 e. The molecule has 50 heavy (non-hydrogen) atoms. The summed E-state index contributed by atoms with van der Waals surface area (Å²) in [5.41, 5.74) is 4.16. The van der Waals surface area contributed by atoms with E-state index >= 15 is 0 Å². The van der Waals surface area contributed by atoms with Gasteiger partial charge in [0.05, 0.1) is 15.1 Å². The van der Waals surface area contributed by atoms with E-state index in [1.54, 1.807) is 32.9 Å². The molecule has 0 unspecified atom stereocenters. The standard InChI is InChI=1S/C11H12F4.C11H16.C10H12BrF.C10H12ClF/c1-10(2,3)7-4-5-9(12)8(6-7)11(13,14)15;1-9-5-7-10(8-6-9)11(2,3)4;2*1-10(2,3)7-4-5-9(12)8(11)6-7/h4-6H,1-3H3;5-8H,1-4H3;2*4-6H,1-3H3. The van der Waals surface area contributed by atoms with Gasteiger partial charge in [-0.25, -0.2) is 13.2 Å². The molecule has 0 fully saturated rings. The van der Waals surface area contributed by atoms with E-state index in [1.165, 1.54) is 29.3 Å². The minimum atomic E-state index is -4.63. The lowest BCUT2D eigenvalue weighted by atomic mass is 9.86. The van der Waals surface area contributed by atoms with Crippen LogP contribution < -0.4 is 0 Å². The average Bonchev–Trinajstić information content (AvgIpc) is 2.94. The predicted octanol–water partition coefficient (Wildman–Crippen LogP) is 15.1. The second-order valence-electron chi connectivity index (χ2n) is 16.3. The highest BCUT2D eigenvalue weighted by atomic mass is 79.9. The fourth-order valence-corrected chi connectivity index (χ4v) is 4.75. The molecule has 0 aliphatic heterocycles. The number of hydrogen-bond donors (Lipinski definition) is 0. The van der Waals surface area contributed by atoms with Crippen molar-refractivity contribution in [3.05, 3.63) is 139 Å². The molecule has 0 radical (unpaired) electrons. The smallest absolute Gasteiger partial charge is 0.206 e. The molecule has 0 atom stereocenters. The van der Waals surface area contributed by atoms with Gasteiger partial charge < -0.3 is 0 Å². The second-order valence-corrected chi connectivity index (χ2v) is 17.6. The summed E-state index contributed by atoms with van der Waals surface area (Å²) < 4.78 is 76.2. The predicted molar refractivity (Wildman–Crippen MR) is 203 cm³/mol. The fraction of sp³-hybridized carbons (Fsp3) is 0.429. The first-order chi connectivity index (χ1) is 22.4. The van der Waals surface area contributed by atoms with Gasteiger partial charge in [0.25, 0.3) is 0 Å². The van der Waals surface area contributed by atoms with Gasteiger partial charge in [0.1, 0.15) is 17.5 Å². The lowest BCUT2D eigenvalue weighted by Crippen LogP contribution is -2.15. The number of aryl methyl sites for hydroxylation is 1. The zero-order chi connectivity index (χ0) is 39.0. The Hall–Kier alpha value is -2.77. The van der Waals surface area contributed by atoms with Crippen molar-refractivity contribution in [1.82, 2.24) is 0 Å². The molecule has 4 aromatic rings. The number of rotatable bonds is 0. The molecule has 0 nitrogen and oxygen atoms in total. The molecule has 0 saturated heterocycles. The molecule has 4 aromatic carbocycles. The Labute approximate surface area is 309 Å². The molecule has 0 amide bonds. The fourth-order valence-electron chi connectivity index (χ4n) is 4.19. The van der Waals surface area contributed by atoms with Crippen LogP contribution in [0, 0.1) is 24.4 Å². The molecule has 276 valence electrons. The first-order valence-electron chi connectivity index (χ1n) is 16.3. The van der Waals surface area contributed by atoms with Crippen LogP contribution in [0.15, 0.2) is 83.3 Å². The lowest BCUT2D eigenvalue weighted by molar-refractivity contribution is -0.140. The lowest BCUT2D eigenvalue weighted by Gasteiger charge is -2.20. The summed E-state index contributed by atoms with van der Waals surface area (Å²) in [4.78, 5) is 0. The molecular weight excluding hydrogens is 734 g/mol. The molecule has 0 saturated carbocycles. The second kappa shape index (κ2) is 17.6. The van der Waals surface area contributed by atoms with E-state index in [1.807, 2.05) is 12.1 Å².